The van der Waals surface area contributed by atoms with Crippen molar-refractivity contribution in [3.63, 3.8) is 0 Å². The number of thiocarbonyl (C=S) groups is 1. The van der Waals surface area contributed by atoms with Crippen molar-refractivity contribution in [2.75, 3.05) is 11.4 Å². The van der Waals surface area contributed by atoms with E-state index in [1.807, 2.05) is 19.9 Å². The number of hydrogen-bond donors (Lipinski definition) is 0. The molecule has 0 radical (unpaired) electrons. The van der Waals surface area contributed by atoms with Crippen LogP contribution in [0.3, 0.4) is 0 Å². The second kappa shape index (κ2) is 13.6. The SMILES string of the molecule is CCN1C(=O)/C(=c2\s/c(=c3/s/c(=C/c4ccc5c(c4)C4CCCC4N5c4ccc5c(c4)-c4ccccc4C5(C)C)c(=O)n3COC=O)c(=O)n2CC)SC1=S. The third-order valence-corrected chi connectivity index (χ3v) is 15.6. The molecule has 280 valence electrons. The minimum Gasteiger partial charge on any atom is -0.446 e. The van der Waals surface area contributed by atoms with Gasteiger partial charge in [0, 0.05) is 41.8 Å². The van der Waals surface area contributed by atoms with E-state index in [0.29, 0.717) is 52.7 Å². The largest absolute Gasteiger partial charge is 0.446 e. The van der Waals surface area contributed by atoms with Gasteiger partial charge in [-0.1, -0.05) is 80.6 Å². The molecule has 55 heavy (non-hydrogen) atoms. The van der Waals surface area contributed by atoms with Crippen LogP contribution in [-0.2, 0) is 33.0 Å². The maximum atomic E-state index is 14.0. The van der Waals surface area contributed by atoms with Gasteiger partial charge in [0.1, 0.15) is 23.1 Å². The van der Waals surface area contributed by atoms with E-state index in [1.165, 1.54) is 71.8 Å². The van der Waals surface area contributed by atoms with E-state index in [4.69, 9.17) is 17.0 Å². The summed E-state index contributed by atoms with van der Waals surface area (Å²) >= 11 is 8.97. The first-order valence-corrected chi connectivity index (χ1v) is 21.4. The van der Waals surface area contributed by atoms with E-state index < -0.39 is 0 Å². The highest BCUT2D eigenvalue weighted by molar-refractivity contribution is 8.30. The van der Waals surface area contributed by atoms with Crippen LogP contribution < -0.4 is 25.2 Å². The first-order valence-electron chi connectivity index (χ1n) is 18.5. The highest BCUT2D eigenvalue weighted by atomic mass is 32.2. The molecule has 2 fully saturated rings. The molecule has 9 rings (SSSR count). The summed E-state index contributed by atoms with van der Waals surface area (Å²) in [6.45, 7) is 9.00. The fraction of sp³-hybridized carbons (Fsp3) is 0.310. The number of thioether (sulfide) groups is 1. The van der Waals surface area contributed by atoms with Gasteiger partial charge in [-0.15, -0.1) is 22.7 Å². The van der Waals surface area contributed by atoms with Crippen LogP contribution in [0.1, 0.15) is 75.1 Å². The summed E-state index contributed by atoms with van der Waals surface area (Å²) < 4.78 is 9.99. The molecule has 5 aromatic rings. The average molecular weight is 807 g/mol. The number of hydrogen-bond acceptors (Lipinski definition) is 10. The normalized spacial score (nSPS) is 21.3. The van der Waals surface area contributed by atoms with Gasteiger partial charge >= 0.3 is 0 Å². The summed E-state index contributed by atoms with van der Waals surface area (Å²) in [5.41, 5.74) is 9.16. The number of anilines is 2. The molecule has 13 heteroatoms. The fourth-order valence-electron chi connectivity index (χ4n) is 9.02. The average Bonchev–Trinajstić information content (AvgIpc) is 4.01. The van der Waals surface area contributed by atoms with Crippen molar-refractivity contribution < 1.29 is 14.3 Å². The number of rotatable bonds is 7. The van der Waals surface area contributed by atoms with Crippen molar-refractivity contribution >= 4 is 85.7 Å². The maximum Gasteiger partial charge on any atom is 0.294 e. The van der Waals surface area contributed by atoms with Gasteiger partial charge in [-0.2, -0.15) is 0 Å². The summed E-state index contributed by atoms with van der Waals surface area (Å²) in [5, 5.41) is 0. The lowest BCUT2D eigenvalue weighted by molar-refractivity contribution is -0.132. The fourth-order valence-corrected chi connectivity index (χ4v) is 13.0. The minimum atomic E-state index is -0.362. The Morgan fingerprint density at radius 3 is 2.45 bits per heavy atom. The van der Waals surface area contributed by atoms with Gasteiger partial charge in [-0.05, 0) is 90.4 Å². The smallest absolute Gasteiger partial charge is 0.294 e. The number of amides is 1. The summed E-state index contributed by atoms with van der Waals surface area (Å²) in [4.78, 5) is 56.9. The van der Waals surface area contributed by atoms with Crippen molar-refractivity contribution in [1.29, 1.82) is 0 Å². The molecule has 2 unspecified atom stereocenters. The third-order valence-electron chi connectivity index (χ3n) is 11.6. The van der Waals surface area contributed by atoms with Crippen LogP contribution in [-0.4, -0.2) is 43.3 Å². The highest BCUT2D eigenvalue weighted by Gasteiger charge is 2.43. The zero-order valence-electron chi connectivity index (χ0n) is 30.8. The number of nitrogens with zero attached hydrogens (tertiary/aromatic N) is 4. The molecule has 0 spiro atoms. The topological polar surface area (TPSA) is 93.8 Å². The Hall–Kier alpha value is -4.56. The molecule has 1 saturated carbocycles. The van der Waals surface area contributed by atoms with E-state index in [-0.39, 0.29) is 35.6 Å². The van der Waals surface area contributed by atoms with Gasteiger partial charge in [0.2, 0.25) is 0 Å². The number of thiazole rings is 2. The molecule has 2 aliphatic heterocycles. The molecule has 4 aliphatic rings. The predicted molar refractivity (Wildman–Crippen MR) is 224 cm³/mol. The third kappa shape index (κ3) is 5.48. The Bertz CT molecular complexity index is 2830. The van der Waals surface area contributed by atoms with Crippen molar-refractivity contribution in [3.05, 3.63) is 122 Å². The molecule has 3 aromatic carbocycles. The molecule has 2 aliphatic carbocycles. The second-order valence-corrected chi connectivity index (χ2v) is 18.4. The second-order valence-electron chi connectivity index (χ2n) is 14.8. The molecule has 9 nitrogen and oxygen atoms in total. The predicted octanol–water partition coefficient (Wildman–Crippen LogP) is 6.48. The van der Waals surface area contributed by atoms with Gasteiger partial charge in [0.25, 0.3) is 23.5 Å². The summed E-state index contributed by atoms with van der Waals surface area (Å²) in [7, 11) is 0. The molecule has 0 N–H and O–H groups in total. The van der Waals surface area contributed by atoms with Crippen LogP contribution in [0.5, 0.6) is 0 Å². The van der Waals surface area contributed by atoms with E-state index in [2.05, 4.69) is 79.4 Å². The summed E-state index contributed by atoms with van der Waals surface area (Å²) in [6, 6.07) is 22.5. The lowest BCUT2D eigenvalue weighted by atomic mass is 9.82. The zero-order valence-corrected chi connectivity index (χ0v) is 34.1. The molecule has 1 amide bonds. The number of ether oxygens (including phenoxy) is 1. The van der Waals surface area contributed by atoms with Crippen LogP contribution >= 0.6 is 46.7 Å². The van der Waals surface area contributed by atoms with Crippen LogP contribution in [0.15, 0.2) is 70.3 Å². The Balaban J connectivity index is 1.17. The van der Waals surface area contributed by atoms with Crippen molar-refractivity contribution in [3.8, 4) is 11.1 Å². The Kier molecular flexibility index (Phi) is 8.91. The van der Waals surface area contributed by atoms with Crippen LogP contribution in [0, 0.1) is 9.20 Å². The maximum absolute atomic E-state index is 14.0. The van der Waals surface area contributed by atoms with Crippen molar-refractivity contribution in [2.45, 2.75) is 77.6 Å². The van der Waals surface area contributed by atoms with E-state index in [1.54, 1.807) is 4.57 Å². The molecule has 2 atom stereocenters. The van der Waals surface area contributed by atoms with Gasteiger partial charge in [0.05, 0.1) is 4.53 Å². The number of carbonyl (C=O) groups excluding carboxylic acids is 2. The molecule has 1 saturated heterocycles. The van der Waals surface area contributed by atoms with Crippen LogP contribution in [0.4, 0.5) is 11.4 Å². The van der Waals surface area contributed by atoms with Gasteiger partial charge < -0.3 is 9.64 Å². The van der Waals surface area contributed by atoms with Crippen molar-refractivity contribution in [1.82, 2.24) is 14.0 Å². The minimum absolute atomic E-state index is 0.0521. The molecule has 2 aromatic heterocycles. The Labute approximate surface area is 334 Å². The number of fused-ring (bicyclic) bond motifs is 6. The number of carbonyl (C=O) groups is 2. The molecule has 4 heterocycles. The van der Waals surface area contributed by atoms with Gasteiger partial charge in [-0.3, -0.25) is 33.2 Å². The Morgan fingerprint density at radius 1 is 0.891 bits per heavy atom. The van der Waals surface area contributed by atoms with E-state index in [0.717, 1.165) is 36.2 Å². The standard InChI is InChI=1S/C42H38N4O5S4/c1-5-43-37(49)34(54-39(43)35-38(50)44(6-2)41(52)55-35)40-45(21-51-22-47)36(48)33(53-40)19-23-14-17-32-28(18-23)26-11-9-13-31(26)46(32)24-15-16-30-27(20-24)25-10-7-8-12-29(25)42(30,3)4/h7-8,10,12,14-20,22,26,31H,5-6,9,11,13,21H2,1-4H3/b33-19+,39-35+,40-34+. The van der Waals surface area contributed by atoms with E-state index in [9.17, 15) is 19.2 Å². The number of aromatic nitrogens is 2. The number of benzene rings is 3. The molecule has 0 bridgehead atoms. The Morgan fingerprint density at radius 2 is 1.69 bits per heavy atom. The van der Waals surface area contributed by atoms with Crippen LogP contribution in [0.25, 0.3) is 22.1 Å². The highest BCUT2D eigenvalue weighted by Crippen LogP contribution is 2.55. The lowest BCUT2D eigenvalue weighted by Gasteiger charge is -2.28. The monoisotopic (exact) mass is 806 g/mol. The van der Waals surface area contributed by atoms with Crippen molar-refractivity contribution in [2.24, 2.45) is 0 Å². The molecular weight excluding hydrogens is 769 g/mol. The quantitative estimate of drug-likeness (QED) is 0.136. The first-order chi connectivity index (χ1) is 26.6. The molecular formula is C42H38N4O5S4. The van der Waals surface area contributed by atoms with Crippen LogP contribution in [0.2, 0.25) is 0 Å². The van der Waals surface area contributed by atoms with Gasteiger partial charge in [-0.25, -0.2) is 0 Å². The zero-order chi connectivity index (χ0) is 38.3. The summed E-state index contributed by atoms with van der Waals surface area (Å²) in [5.74, 6) is 0.138. The first kappa shape index (κ1) is 36.1. The lowest BCUT2D eigenvalue weighted by Crippen LogP contribution is -2.31. The van der Waals surface area contributed by atoms with E-state index >= 15 is 0 Å². The summed E-state index contributed by atoms with van der Waals surface area (Å²) in [6.07, 6.45) is 5.23. The van der Waals surface area contributed by atoms with Gasteiger partial charge in [0.15, 0.2) is 6.73 Å².